The Bertz CT molecular complexity index is 343. The Morgan fingerprint density at radius 1 is 1.56 bits per heavy atom. The first-order chi connectivity index (χ1) is 8.45. The van der Waals surface area contributed by atoms with Crippen molar-refractivity contribution in [3.8, 4) is 0 Å². The van der Waals surface area contributed by atoms with Crippen LogP contribution < -0.4 is 5.73 Å². The molecule has 0 saturated carbocycles. The molecule has 1 aliphatic heterocycles. The van der Waals surface area contributed by atoms with E-state index in [1.54, 1.807) is 0 Å². The molecule has 0 bridgehead atoms. The van der Waals surface area contributed by atoms with Crippen molar-refractivity contribution in [1.82, 2.24) is 4.90 Å². The topological polar surface area (TPSA) is 101 Å². The van der Waals surface area contributed by atoms with Gasteiger partial charge in [-0.15, -0.1) is 0 Å². The molecule has 18 heavy (non-hydrogen) atoms. The lowest BCUT2D eigenvalue weighted by Gasteiger charge is -2.25. The van der Waals surface area contributed by atoms with Crippen LogP contribution in [0.15, 0.2) is 0 Å². The van der Waals surface area contributed by atoms with Gasteiger partial charge in [0.1, 0.15) is 6.04 Å². The Balaban J connectivity index is 2.65. The van der Waals surface area contributed by atoms with Crippen molar-refractivity contribution in [3.63, 3.8) is 0 Å². The molecule has 0 aromatic carbocycles. The SMILES string of the molecule is CCCC1CC(=O)N(C(CCC(=O)O)C(N)=O)C1. The predicted molar refractivity (Wildman–Crippen MR) is 64.6 cm³/mol. The molecule has 0 spiro atoms. The van der Waals surface area contributed by atoms with E-state index in [-0.39, 0.29) is 24.7 Å². The van der Waals surface area contributed by atoms with Gasteiger partial charge in [-0.2, -0.15) is 0 Å². The van der Waals surface area contributed by atoms with Crippen LogP contribution in [-0.4, -0.2) is 40.4 Å². The fourth-order valence-corrected chi connectivity index (χ4v) is 2.42. The highest BCUT2D eigenvalue weighted by Crippen LogP contribution is 2.25. The number of carbonyl (C=O) groups is 3. The number of carboxylic acids is 1. The average Bonchev–Trinajstić information content (AvgIpc) is 2.60. The number of rotatable bonds is 7. The number of likely N-dealkylation sites (tertiary alicyclic amines) is 1. The van der Waals surface area contributed by atoms with Crippen LogP contribution in [0.4, 0.5) is 0 Å². The van der Waals surface area contributed by atoms with Crippen molar-refractivity contribution in [1.29, 1.82) is 0 Å². The highest BCUT2D eigenvalue weighted by molar-refractivity contribution is 5.88. The van der Waals surface area contributed by atoms with E-state index in [9.17, 15) is 14.4 Å². The number of nitrogens with two attached hydrogens (primary N) is 1. The van der Waals surface area contributed by atoms with Gasteiger partial charge in [-0.1, -0.05) is 13.3 Å². The molecule has 6 heteroatoms. The van der Waals surface area contributed by atoms with Crippen LogP contribution in [0.5, 0.6) is 0 Å². The summed E-state index contributed by atoms with van der Waals surface area (Å²) in [5, 5.41) is 8.63. The van der Waals surface area contributed by atoms with Gasteiger partial charge in [0.2, 0.25) is 11.8 Å². The number of amides is 2. The number of carboxylic acid groups (broad SMARTS) is 1. The molecule has 1 fully saturated rings. The van der Waals surface area contributed by atoms with E-state index in [1.807, 2.05) is 6.92 Å². The van der Waals surface area contributed by atoms with Gasteiger partial charge in [0, 0.05) is 19.4 Å². The second-order valence-corrected chi connectivity index (χ2v) is 4.76. The second kappa shape index (κ2) is 6.37. The minimum absolute atomic E-state index is 0.0925. The van der Waals surface area contributed by atoms with Crippen LogP contribution in [0.3, 0.4) is 0 Å². The summed E-state index contributed by atoms with van der Waals surface area (Å²) in [5.41, 5.74) is 5.26. The molecule has 6 nitrogen and oxygen atoms in total. The molecule has 1 rings (SSSR count). The van der Waals surface area contributed by atoms with E-state index >= 15 is 0 Å². The zero-order valence-electron chi connectivity index (χ0n) is 10.6. The zero-order valence-corrected chi connectivity index (χ0v) is 10.6. The van der Waals surface area contributed by atoms with Crippen molar-refractivity contribution < 1.29 is 19.5 Å². The summed E-state index contributed by atoms with van der Waals surface area (Å²) < 4.78 is 0. The van der Waals surface area contributed by atoms with E-state index in [0.29, 0.717) is 13.0 Å². The highest BCUT2D eigenvalue weighted by atomic mass is 16.4. The van der Waals surface area contributed by atoms with Gasteiger partial charge in [-0.05, 0) is 18.8 Å². The Hall–Kier alpha value is -1.59. The van der Waals surface area contributed by atoms with Gasteiger partial charge in [-0.25, -0.2) is 0 Å². The molecule has 0 aliphatic carbocycles. The number of carbonyl (C=O) groups excluding carboxylic acids is 2. The maximum atomic E-state index is 11.8. The van der Waals surface area contributed by atoms with E-state index in [0.717, 1.165) is 12.8 Å². The highest BCUT2D eigenvalue weighted by Gasteiger charge is 2.36. The minimum atomic E-state index is -0.988. The molecule has 102 valence electrons. The number of hydrogen-bond acceptors (Lipinski definition) is 3. The Morgan fingerprint density at radius 2 is 2.22 bits per heavy atom. The summed E-state index contributed by atoms with van der Waals surface area (Å²) in [6.45, 7) is 2.56. The quantitative estimate of drug-likeness (QED) is 0.686. The number of aliphatic carboxylic acids is 1. The average molecular weight is 256 g/mol. The number of primary amides is 1. The molecule has 0 aromatic rings. The van der Waals surface area contributed by atoms with Crippen LogP contribution in [0.25, 0.3) is 0 Å². The van der Waals surface area contributed by atoms with Gasteiger partial charge in [0.15, 0.2) is 0 Å². The molecule has 0 aromatic heterocycles. The van der Waals surface area contributed by atoms with E-state index < -0.39 is 17.9 Å². The molecule has 2 amide bonds. The van der Waals surface area contributed by atoms with Crippen LogP contribution >= 0.6 is 0 Å². The lowest BCUT2D eigenvalue weighted by atomic mass is 10.0. The van der Waals surface area contributed by atoms with Gasteiger partial charge in [-0.3, -0.25) is 14.4 Å². The smallest absolute Gasteiger partial charge is 0.303 e. The van der Waals surface area contributed by atoms with E-state index in [2.05, 4.69) is 0 Å². The van der Waals surface area contributed by atoms with Crippen molar-refractivity contribution in [2.45, 2.75) is 45.1 Å². The summed E-state index contributed by atoms with van der Waals surface area (Å²) >= 11 is 0. The lowest BCUT2D eigenvalue weighted by Crippen LogP contribution is -2.45. The molecule has 2 atom stereocenters. The van der Waals surface area contributed by atoms with Crippen LogP contribution in [-0.2, 0) is 14.4 Å². The molecular weight excluding hydrogens is 236 g/mol. The Kier molecular flexibility index (Phi) is 5.12. The van der Waals surface area contributed by atoms with Gasteiger partial charge >= 0.3 is 5.97 Å². The molecule has 1 saturated heterocycles. The number of nitrogens with zero attached hydrogens (tertiary/aromatic N) is 1. The van der Waals surface area contributed by atoms with Crippen LogP contribution in [0, 0.1) is 5.92 Å². The maximum absolute atomic E-state index is 11.8. The zero-order chi connectivity index (χ0) is 13.7. The molecule has 1 heterocycles. The molecule has 1 aliphatic rings. The standard InChI is InChI=1S/C12H20N2O4/c1-2-3-8-6-10(15)14(7-8)9(12(13)18)4-5-11(16)17/h8-9H,2-7H2,1H3,(H2,13,18)(H,16,17). The monoisotopic (exact) mass is 256 g/mol. The first kappa shape index (κ1) is 14.5. The maximum Gasteiger partial charge on any atom is 0.303 e. The Morgan fingerprint density at radius 3 is 2.72 bits per heavy atom. The van der Waals surface area contributed by atoms with Crippen molar-refractivity contribution in [2.24, 2.45) is 11.7 Å². The van der Waals surface area contributed by atoms with E-state index in [4.69, 9.17) is 10.8 Å². The molecule has 3 N–H and O–H groups in total. The molecule has 0 radical (unpaired) electrons. The lowest BCUT2D eigenvalue weighted by molar-refractivity contribution is -0.140. The summed E-state index contributed by atoms with van der Waals surface area (Å²) in [7, 11) is 0. The van der Waals surface area contributed by atoms with Crippen molar-refractivity contribution in [2.75, 3.05) is 6.54 Å². The van der Waals surface area contributed by atoms with Gasteiger partial charge in [0.25, 0.3) is 0 Å². The van der Waals surface area contributed by atoms with Gasteiger partial charge in [0.05, 0.1) is 0 Å². The first-order valence-electron chi connectivity index (χ1n) is 6.26. The second-order valence-electron chi connectivity index (χ2n) is 4.76. The summed E-state index contributed by atoms with van der Waals surface area (Å²) in [6.07, 6.45) is 2.30. The first-order valence-corrected chi connectivity index (χ1v) is 6.26. The third kappa shape index (κ3) is 3.72. The van der Waals surface area contributed by atoms with Crippen molar-refractivity contribution >= 4 is 17.8 Å². The summed E-state index contributed by atoms with van der Waals surface area (Å²) in [4.78, 5) is 35.1. The predicted octanol–water partition coefficient (Wildman–Crippen LogP) is 0.354. The molecule has 2 unspecified atom stereocenters. The van der Waals surface area contributed by atoms with Gasteiger partial charge < -0.3 is 15.7 Å². The van der Waals surface area contributed by atoms with Crippen LogP contribution in [0.2, 0.25) is 0 Å². The molecular formula is C12H20N2O4. The third-order valence-electron chi connectivity index (χ3n) is 3.27. The summed E-state index contributed by atoms with van der Waals surface area (Å²) in [5.74, 6) is -1.45. The van der Waals surface area contributed by atoms with Crippen molar-refractivity contribution in [3.05, 3.63) is 0 Å². The fraction of sp³-hybridized carbons (Fsp3) is 0.750. The Labute approximate surface area is 106 Å². The fourth-order valence-electron chi connectivity index (χ4n) is 2.42. The summed E-state index contributed by atoms with van der Waals surface area (Å²) in [6, 6.07) is -0.782. The minimum Gasteiger partial charge on any atom is -0.481 e. The number of hydrogen-bond donors (Lipinski definition) is 2. The van der Waals surface area contributed by atoms with E-state index in [1.165, 1.54) is 4.90 Å². The van der Waals surface area contributed by atoms with Crippen LogP contribution in [0.1, 0.15) is 39.0 Å². The third-order valence-corrected chi connectivity index (χ3v) is 3.27. The normalized spacial score (nSPS) is 21.1. The largest absolute Gasteiger partial charge is 0.481 e.